The molecule has 1 amide bonds. The van der Waals surface area contributed by atoms with Crippen molar-refractivity contribution in [1.82, 2.24) is 9.88 Å². The van der Waals surface area contributed by atoms with E-state index in [0.29, 0.717) is 17.3 Å². The number of nitrogens with two attached hydrogens (primary N) is 1. The van der Waals surface area contributed by atoms with Gasteiger partial charge in [-0.2, -0.15) is 0 Å². The maximum atomic E-state index is 12.9. The molecular weight excluding hydrogens is 294 g/mol. The number of nitrogens with zero attached hydrogens (tertiary/aromatic N) is 2. The van der Waals surface area contributed by atoms with Gasteiger partial charge < -0.3 is 10.6 Å². The van der Waals surface area contributed by atoms with E-state index in [0.717, 1.165) is 31.4 Å². The molecule has 1 aliphatic carbocycles. The van der Waals surface area contributed by atoms with Gasteiger partial charge in [0.25, 0.3) is 5.91 Å². The van der Waals surface area contributed by atoms with Crippen LogP contribution in [0.25, 0.3) is 0 Å². The highest BCUT2D eigenvalue weighted by atomic mass is 32.1. The maximum Gasteiger partial charge on any atom is 0.255 e. The minimum Gasteiger partial charge on any atom is -0.383 e. The fourth-order valence-corrected chi connectivity index (χ4v) is 4.25. The molecular formula is C17H19N3OS. The van der Waals surface area contributed by atoms with E-state index in [4.69, 9.17) is 5.73 Å². The Morgan fingerprint density at radius 3 is 3.00 bits per heavy atom. The van der Waals surface area contributed by atoms with E-state index in [1.54, 1.807) is 17.5 Å². The number of carbonyl (C=O) groups is 1. The predicted octanol–water partition coefficient (Wildman–Crippen LogP) is 3.36. The van der Waals surface area contributed by atoms with Crippen molar-refractivity contribution in [2.75, 3.05) is 12.3 Å². The number of pyridine rings is 1. The first kappa shape index (κ1) is 13.8. The highest BCUT2D eigenvalue weighted by Crippen LogP contribution is 2.42. The Hall–Kier alpha value is -1.88. The van der Waals surface area contributed by atoms with Crippen molar-refractivity contribution in [2.24, 2.45) is 0 Å². The van der Waals surface area contributed by atoms with Crippen LogP contribution in [0.3, 0.4) is 0 Å². The second-order valence-corrected chi connectivity index (χ2v) is 7.20. The highest BCUT2D eigenvalue weighted by molar-refractivity contribution is 7.10. The van der Waals surface area contributed by atoms with Gasteiger partial charge >= 0.3 is 0 Å². The lowest BCUT2D eigenvalue weighted by molar-refractivity contribution is 0.0679. The molecule has 1 saturated carbocycles. The van der Waals surface area contributed by atoms with Crippen LogP contribution in [0.15, 0.2) is 23.7 Å². The fraction of sp³-hybridized carbons (Fsp3) is 0.412. The largest absolute Gasteiger partial charge is 0.383 e. The number of rotatable bonds is 2. The first-order chi connectivity index (χ1) is 10.6. The van der Waals surface area contributed by atoms with Crippen LogP contribution >= 0.6 is 11.3 Å². The van der Waals surface area contributed by atoms with E-state index in [1.165, 1.54) is 10.4 Å². The Morgan fingerprint density at radius 1 is 1.41 bits per heavy atom. The van der Waals surface area contributed by atoms with E-state index in [1.807, 2.05) is 11.0 Å². The molecule has 0 bridgehead atoms. The average Bonchev–Trinajstić information content (AvgIpc) is 3.24. The lowest BCUT2D eigenvalue weighted by Crippen LogP contribution is -2.38. The van der Waals surface area contributed by atoms with Gasteiger partial charge in [-0.25, -0.2) is 4.98 Å². The molecule has 114 valence electrons. The number of hydrogen-bond donors (Lipinski definition) is 1. The molecule has 0 saturated heterocycles. The number of thiophene rings is 1. The van der Waals surface area contributed by atoms with Crippen LogP contribution in [-0.4, -0.2) is 22.3 Å². The van der Waals surface area contributed by atoms with Crippen LogP contribution < -0.4 is 5.73 Å². The molecule has 2 N–H and O–H groups in total. The maximum absolute atomic E-state index is 12.9. The summed E-state index contributed by atoms with van der Waals surface area (Å²) in [7, 11) is 0. The number of fused-ring (bicyclic) bond motifs is 1. The normalized spacial score (nSPS) is 20.8. The zero-order valence-electron chi connectivity index (χ0n) is 12.6. The summed E-state index contributed by atoms with van der Waals surface area (Å²) < 4.78 is 0. The van der Waals surface area contributed by atoms with Crippen LogP contribution in [0.4, 0.5) is 5.82 Å². The Kier molecular flexibility index (Phi) is 3.18. The molecule has 1 fully saturated rings. The highest BCUT2D eigenvalue weighted by Gasteiger charge is 2.31. The van der Waals surface area contributed by atoms with E-state index < -0.39 is 0 Å². The van der Waals surface area contributed by atoms with Crippen molar-refractivity contribution in [2.45, 2.75) is 38.1 Å². The van der Waals surface area contributed by atoms with Gasteiger partial charge in [0.2, 0.25) is 0 Å². The minimum absolute atomic E-state index is 0.0683. The second kappa shape index (κ2) is 5.09. The summed E-state index contributed by atoms with van der Waals surface area (Å²) in [5.41, 5.74) is 8.95. The molecule has 1 atom stereocenters. The number of nitrogen functional groups attached to an aromatic ring is 1. The Balaban J connectivity index is 1.63. The first-order valence-electron chi connectivity index (χ1n) is 7.78. The van der Waals surface area contributed by atoms with Gasteiger partial charge in [0.05, 0.1) is 11.6 Å². The van der Waals surface area contributed by atoms with Gasteiger partial charge in [-0.3, -0.25) is 4.79 Å². The zero-order valence-corrected chi connectivity index (χ0v) is 13.4. The van der Waals surface area contributed by atoms with Gasteiger partial charge in [-0.1, -0.05) is 0 Å². The number of carbonyl (C=O) groups excluding carboxylic acids is 1. The summed E-state index contributed by atoms with van der Waals surface area (Å²) in [6.07, 6.45) is 4.88. The summed E-state index contributed by atoms with van der Waals surface area (Å²) in [5.74, 6) is 1.15. The molecule has 3 heterocycles. The molecule has 2 aromatic heterocycles. The smallest absolute Gasteiger partial charge is 0.255 e. The third-order valence-electron chi connectivity index (χ3n) is 4.75. The van der Waals surface area contributed by atoms with Crippen molar-refractivity contribution < 1.29 is 4.79 Å². The van der Waals surface area contributed by atoms with Crippen molar-refractivity contribution in [3.63, 3.8) is 0 Å². The van der Waals surface area contributed by atoms with Crippen molar-refractivity contribution in [1.29, 1.82) is 0 Å². The Bertz CT molecular complexity index is 735. The number of hydrogen-bond acceptors (Lipinski definition) is 4. The summed E-state index contributed by atoms with van der Waals surface area (Å²) in [5, 5.41) is 2.12. The van der Waals surface area contributed by atoms with E-state index in [2.05, 4.69) is 23.4 Å². The van der Waals surface area contributed by atoms with Crippen molar-refractivity contribution >= 4 is 23.1 Å². The van der Waals surface area contributed by atoms with Crippen LogP contribution in [0.1, 0.15) is 58.1 Å². The molecule has 5 heteroatoms. The third-order valence-corrected chi connectivity index (χ3v) is 5.75. The van der Waals surface area contributed by atoms with E-state index in [-0.39, 0.29) is 11.9 Å². The van der Waals surface area contributed by atoms with Crippen molar-refractivity contribution in [3.8, 4) is 0 Å². The number of amides is 1. The van der Waals surface area contributed by atoms with Gasteiger partial charge in [-0.05, 0) is 60.7 Å². The van der Waals surface area contributed by atoms with Crippen LogP contribution in [0, 0.1) is 0 Å². The topological polar surface area (TPSA) is 59.2 Å². The minimum atomic E-state index is 0.0683. The second-order valence-electron chi connectivity index (χ2n) is 6.20. The SMILES string of the molecule is CC1c2ccsc2CCN1C(=O)c1cnc(N)c(C2CC2)c1. The molecule has 1 unspecified atom stereocenters. The molecule has 1 aliphatic heterocycles. The Morgan fingerprint density at radius 2 is 2.23 bits per heavy atom. The predicted molar refractivity (Wildman–Crippen MR) is 88.1 cm³/mol. The average molecular weight is 313 g/mol. The number of anilines is 1. The standard InChI is InChI=1S/C17H19N3OS/c1-10-13-5-7-22-15(13)4-6-20(10)17(21)12-8-14(11-2-3-11)16(18)19-9-12/h5,7-11H,2-4,6H2,1H3,(H2,18,19). The van der Waals surface area contributed by atoms with Crippen LogP contribution in [-0.2, 0) is 6.42 Å². The van der Waals surface area contributed by atoms with Crippen LogP contribution in [0.5, 0.6) is 0 Å². The molecule has 0 radical (unpaired) electrons. The van der Waals surface area contributed by atoms with Crippen LogP contribution in [0.2, 0.25) is 0 Å². The summed E-state index contributed by atoms with van der Waals surface area (Å²) in [6.45, 7) is 2.88. The summed E-state index contributed by atoms with van der Waals surface area (Å²) in [4.78, 5) is 20.5. The molecule has 4 nitrogen and oxygen atoms in total. The van der Waals surface area contributed by atoms with Gasteiger partial charge in [0.1, 0.15) is 5.82 Å². The lowest BCUT2D eigenvalue weighted by atomic mass is 10.00. The van der Waals surface area contributed by atoms with Gasteiger partial charge in [0, 0.05) is 17.6 Å². The van der Waals surface area contributed by atoms with E-state index >= 15 is 0 Å². The zero-order chi connectivity index (χ0) is 15.3. The molecule has 2 aromatic rings. The quantitative estimate of drug-likeness (QED) is 0.925. The first-order valence-corrected chi connectivity index (χ1v) is 8.65. The van der Waals surface area contributed by atoms with Gasteiger partial charge in [-0.15, -0.1) is 11.3 Å². The molecule has 0 aromatic carbocycles. The monoisotopic (exact) mass is 313 g/mol. The molecule has 22 heavy (non-hydrogen) atoms. The summed E-state index contributed by atoms with van der Waals surface area (Å²) in [6, 6.07) is 4.23. The third kappa shape index (κ3) is 2.20. The van der Waals surface area contributed by atoms with Gasteiger partial charge in [0.15, 0.2) is 0 Å². The Labute approximate surface area is 134 Å². The lowest BCUT2D eigenvalue weighted by Gasteiger charge is -2.33. The summed E-state index contributed by atoms with van der Waals surface area (Å²) >= 11 is 1.79. The van der Waals surface area contributed by atoms with Crippen molar-refractivity contribution in [3.05, 3.63) is 45.3 Å². The number of aromatic nitrogens is 1. The molecule has 4 rings (SSSR count). The molecule has 2 aliphatic rings. The molecule has 0 spiro atoms. The van der Waals surface area contributed by atoms with E-state index in [9.17, 15) is 4.79 Å². The fourth-order valence-electron chi connectivity index (χ4n) is 3.28.